The van der Waals surface area contributed by atoms with E-state index in [1.165, 1.54) is 0 Å². The molecule has 0 aromatic heterocycles. The highest BCUT2D eigenvalue weighted by Gasteiger charge is 2.30. The minimum atomic E-state index is -0.872. The molecule has 6 heteroatoms. The van der Waals surface area contributed by atoms with Crippen molar-refractivity contribution in [1.82, 2.24) is 10.6 Å². The molecular weight excluding hydrogens is 248 g/mol. The lowest BCUT2D eigenvalue weighted by Crippen LogP contribution is -2.46. The van der Waals surface area contributed by atoms with Crippen LogP contribution in [0.5, 0.6) is 0 Å². The molecule has 0 aromatic rings. The fourth-order valence-electron chi connectivity index (χ4n) is 1.82. The minimum Gasteiger partial charge on any atom is -0.481 e. The van der Waals surface area contributed by atoms with Crippen LogP contribution in [0, 0.1) is 11.3 Å². The van der Waals surface area contributed by atoms with Gasteiger partial charge in [0.15, 0.2) is 0 Å². The Balaban J connectivity index is 3.92. The molecule has 0 aliphatic rings. The number of carboxylic acids is 1. The highest BCUT2D eigenvalue weighted by Crippen LogP contribution is 2.24. The molecule has 0 aliphatic carbocycles. The zero-order chi connectivity index (χ0) is 15.1. The molecule has 1 atom stereocenters. The molecule has 0 aliphatic heterocycles. The van der Waals surface area contributed by atoms with Gasteiger partial charge in [-0.3, -0.25) is 4.79 Å². The lowest BCUT2D eigenvalue weighted by atomic mass is 9.81. The van der Waals surface area contributed by atoms with E-state index < -0.39 is 17.5 Å². The number of rotatable bonds is 8. The first-order valence-electron chi connectivity index (χ1n) is 6.58. The Kier molecular flexibility index (Phi) is 7.44. The molecule has 0 saturated carbocycles. The summed E-state index contributed by atoms with van der Waals surface area (Å²) in [6.45, 7) is 8.32. The van der Waals surface area contributed by atoms with Gasteiger partial charge in [-0.25, -0.2) is 4.79 Å². The third-order valence-corrected chi connectivity index (χ3v) is 2.99. The maximum absolute atomic E-state index is 11.5. The van der Waals surface area contributed by atoms with Crippen LogP contribution in [0.15, 0.2) is 0 Å². The zero-order valence-corrected chi connectivity index (χ0v) is 12.2. The Morgan fingerprint density at radius 3 is 2.26 bits per heavy atom. The van der Waals surface area contributed by atoms with E-state index in [9.17, 15) is 14.7 Å². The van der Waals surface area contributed by atoms with Crippen LogP contribution in [0.1, 0.15) is 40.5 Å². The highest BCUT2D eigenvalue weighted by molar-refractivity contribution is 5.74. The van der Waals surface area contributed by atoms with E-state index in [1.807, 2.05) is 27.7 Å². The first-order valence-corrected chi connectivity index (χ1v) is 6.58. The van der Waals surface area contributed by atoms with Gasteiger partial charge in [0.2, 0.25) is 0 Å². The second-order valence-corrected chi connectivity index (χ2v) is 5.78. The number of hydrogen-bond acceptors (Lipinski definition) is 3. The highest BCUT2D eigenvalue weighted by atomic mass is 16.4. The van der Waals surface area contributed by atoms with Gasteiger partial charge in [0.1, 0.15) is 0 Å². The van der Waals surface area contributed by atoms with Crippen LogP contribution < -0.4 is 10.6 Å². The van der Waals surface area contributed by atoms with Crippen molar-refractivity contribution in [1.29, 1.82) is 0 Å². The quantitative estimate of drug-likeness (QED) is 0.500. The monoisotopic (exact) mass is 274 g/mol. The summed E-state index contributed by atoms with van der Waals surface area (Å²) in [6.07, 6.45) is -0.0571. The summed E-state index contributed by atoms with van der Waals surface area (Å²) < 4.78 is 0. The molecule has 19 heavy (non-hydrogen) atoms. The van der Waals surface area contributed by atoms with Gasteiger partial charge in [0.25, 0.3) is 0 Å². The van der Waals surface area contributed by atoms with Crippen molar-refractivity contribution in [3.63, 3.8) is 0 Å². The zero-order valence-electron chi connectivity index (χ0n) is 12.2. The van der Waals surface area contributed by atoms with E-state index in [4.69, 9.17) is 5.11 Å². The van der Waals surface area contributed by atoms with E-state index >= 15 is 0 Å². The molecule has 2 amide bonds. The van der Waals surface area contributed by atoms with Crippen LogP contribution in [-0.4, -0.2) is 41.4 Å². The normalized spacial score (nSPS) is 13.2. The van der Waals surface area contributed by atoms with Crippen LogP contribution in [0.4, 0.5) is 4.79 Å². The number of carboxylic acid groups (broad SMARTS) is 1. The topological polar surface area (TPSA) is 98.7 Å². The molecule has 0 heterocycles. The lowest BCUT2D eigenvalue weighted by Gasteiger charge is -2.33. The standard InChI is InChI=1S/C13H26N2O4/c1-9(2)11(18)13(3,4)8-15-12(19)14-7-5-6-10(16)17/h9,11,18H,5-8H2,1-4H3,(H,16,17)(H2,14,15,19). The van der Waals surface area contributed by atoms with Gasteiger partial charge < -0.3 is 20.8 Å². The largest absolute Gasteiger partial charge is 0.481 e. The first-order chi connectivity index (χ1) is 8.66. The molecule has 1 unspecified atom stereocenters. The van der Waals surface area contributed by atoms with E-state index in [0.717, 1.165) is 0 Å². The van der Waals surface area contributed by atoms with E-state index in [0.29, 0.717) is 19.5 Å². The Labute approximate surface area is 114 Å². The van der Waals surface area contributed by atoms with Gasteiger partial charge in [-0.2, -0.15) is 0 Å². The third kappa shape index (κ3) is 7.66. The number of nitrogens with one attached hydrogen (secondary N) is 2. The van der Waals surface area contributed by atoms with Gasteiger partial charge in [-0.1, -0.05) is 27.7 Å². The molecule has 6 nitrogen and oxygen atoms in total. The molecule has 4 N–H and O–H groups in total. The van der Waals surface area contributed by atoms with Crippen molar-refractivity contribution >= 4 is 12.0 Å². The molecule has 0 rings (SSSR count). The number of aliphatic hydroxyl groups is 1. The van der Waals surface area contributed by atoms with Gasteiger partial charge in [0.05, 0.1) is 6.10 Å². The summed E-state index contributed by atoms with van der Waals surface area (Å²) in [5.74, 6) is -0.751. The number of aliphatic hydroxyl groups excluding tert-OH is 1. The van der Waals surface area contributed by atoms with Crippen LogP contribution in [0.2, 0.25) is 0 Å². The maximum atomic E-state index is 11.5. The summed E-state index contributed by atoms with van der Waals surface area (Å²) in [5.41, 5.74) is -0.410. The Hall–Kier alpha value is -1.30. The second-order valence-electron chi connectivity index (χ2n) is 5.78. The maximum Gasteiger partial charge on any atom is 0.314 e. The molecule has 0 spiro atoms. The van der Waals surface area contributed by atoms with E-state index in [-0.39, 0.29) is 18.4 Å². The minimum absolute atomic E-state index is 0.0395. The van der Waals surface area contributed by atoms with E-state index in [2.05, 4.69) is 10.6 Å². The predicted molar refractivity (Wildman–Crippen MR) is 72.9 cm³/mol. The average molecular weight is 274 g/mol. The van der Waals surface area contributed by atoms with Gasteiger partial charge in [0, 0.05) is 24.9 Å². The Bertz CT molecular complexity index is 303. The first kappa shape index (κ1) is 17.7. The molecule has 0 saturated heterocycles. The molecule has 0 fully saturated rings. The number of amides is 2. The summed E-state index contributed by atoms with van der Waals surface area (Å²) >= 11 is 0. The van der Waals surface area contributed by atoms with Gasteiger partial charge in [-0.05, 0) is 12.3 Å². The molecule has 0 bridgehead atoms. The van der Waals surface area contributed by atoms with Crippen LogP contribution in [0.25, 0.3) is 0 Å². The summed E-state index contributed by atoms with van der Waals surface area (Å²) in [4.78, 5) is 21.8. The fraction of sp³-hybridized carbons (Fsp3) is 0.846. The van der Waals surface area contributed by atoms with Crippen molar-refractivity contribution in [2.75, 3.05) is 13.1 Å². The SMILES string of the molecule is CC(C)C(O)C(C)(C)CNC(=O)NCCCC(=O)O. The third-order valence-electron chi connectivity index (χ3n) is 2.99. The van der Waals surface area contributed by atoms with Crippen molar-refractivity contribution in [2.24, 2.45) is 11.3 Å². The van der Waals surface area contributed by atoms with Crippen molar-refractivity contribution in [3.05, 3.63) is 0 Å². The molecule has 0 aromatic carbocycles. The summed E-state index contributed by atoms with van der Waals surface area (Å²) in [6, 6.07) is -0.339. The Morgan fingerprint density at radius 2 is 1.79 bits per heavy atom. The van der Waals surface area contributed by atoms with Gasteiger partial charge >= 0.3 is 12.0 Å². The Morgan fingerprint density at radius 1 is 1.21 bits per heavy atom. The van der Waals surface area contributed by atoms with Gasteiger partial charge in [-0.15, -0.1) is 0 Å². The van der Waals surface area contributed by atoms with Crippen LogP contribution >= 0.6 is 0 Å². The summed E-state index contributed by atoms with van der Waals surface area (Å²) in [5, 5.41) is 23.7. The number of urea groups is 1. The van der Waals surface area contributed by atoms with E-state index in [1.54, 1.807) is 0 Å². The van der Waals surface area contributed by atoms with Crippen LogP contribution in [-0.2, 0) is 4.79 Å². The lowest BCUT2D eigenvalue weighted by molar-refractivity contribution is -0.137. The summed E-state index contributed by atoms with van der Waals surface area (Å²) in [7, 11) is 0. The number of hydrogen-bond donors (Lipinski definition) is 4. The number of carbonyl (C=O) groups excluding carboxylic acids is 1. The average Bonchev–Trinajstić information content (AvgIpc) is 2.30. The second kappa shape index (κ2) is 7.99. The van der Waals surface area contributed by atoms with Crippen molar-refractivity contribution in [2.45, 2.75) is 46.6 Å². The number of aliphatic carboxylic acids is 1. The fourth-order valence-corrected chi connectivity index (χ4v) is 1.82. The van der Waals surface area contributed by atoms with Crippen LogP contribution in [0.3, 0.4) is 0 Å². The van der Waals surface area contributed by atoms with Crippen molar-refractivity contribution < 1.29 is 19.8 Å². The number of carbonyl (C=O) groups is 2. The molecular formula is C13H26N2O4. The predicted octanol–water partition coefficient (Wildman–Crippen LogP) is 1.19. The van der Waals surface area contributed by atoms with Crippen molar-refractivity contribution in [3.8, 4) is 0 Å². The molecule has 112 valence electrons. The smallest absolute Gasteiger partial charge is 0.314 e. The molecule has 0 radical (unpaired) electrons.